The van der Waals surface area contributed by atoms with Crippen LogP contribution in [0.15, 0.2) is 52.9 Å². The predicted octanol–water partition coefficient (Wildman–Crippen LogP) is 4.30. The van der Waals surface area contributed by atoms with Crippen LogP contribution in [0.1, 0.15) is 21.5 Å². The number of aromatic nitrogens is 2. The zero-order valence-corrected chi connectivity index (χ0v) is 15.3. The molecular weight excluding hydrogens is 372 g/mol. The number of hydrogen-bond acceptors (Lipinski definition) is 7. The van der Waals surface area contributed by atoms with Crippen molar-refractivity contribution in [1.29, 1.82) is 0 Å². The Labute approximate surface area is 157 Å². The van der Waals surface area contributed by atoms with Crippen molar-refractivity contribution in [2.24, 2.45) is 0 Å². The van der Waals surface area contributed by atoms with Gasteiger partial charge in [-0.15, -0.1) is 10.2 Å². The zero-order valence-electron chi connectivity index (χ0n) is 13.7. The maximum Gasteiger partial charge on any atom is 0.270 e. The van der Waals surface area contributed by atoms with Crippen molar-refractivity contribution in [3.05, 3.63) is 75.3 Å². The molecule has 1 N–H and O–H groups in total. The number of hydrogen-bond donors (Lipinski definition) is 1. The van der Waals surface area contributed by atoms with Crippen molar-refractivity contribution in [3.8, 4) is 0 Å². The first-order valence-electron chi connectivity index (χ1n) is 7.59. The quantitative estimate of drug-likeness (QED) is 0.293. The van der Waals surface area contributed by atoms with Crippen molar-refractivity contribution in [2.45, 2.75) is 17.0 Å². The molecule has 7 nitrogen and oxygen atoms in total. The summed E-state index contributed by atoms with van der Waals surface area (Å²) in [6.45, 7) is 2.04. The minimum absolute atomic E-state index is 0.135. The highest BCUT2D eigenvalue weighted by molar-refractivity contribution is 8.00. The zero-order chi connectivity index (χ0) is 18.5. The molecule has 26 heavy (non-hydrogen) atoms. The standard InChI is InChI=1S/C17H14N4O3S2/c1-11-5-7-12(8-6-11)10-25-17-20-19-16(26-17)18-15(22)13-3-2-4-14(9-13)21(23)24/h2-9H,10H2,1H3,(H,18,19,22). The van der Waals surface area contributed by atoms with Gasteiger partial charge in [0, 0.05) is 23.4 Å². The SMILES string of the molecule is Cc1ccc(CSc2nnc(NC(=O)c3cccc([N+](=O)[O-])c3)s2)cc1. The van der Waals surface area contributed by atoms with Crippen LogP contribution in [0, 0.1) is 17.0 Å². The predicted molar refractivity (Wildman–Crippen MR) is 102 cm³/mol. The third-order valence-electron chi connectivity index (χ3n) is 3.43. The molecule has 2 aromatic carbocycles. The third kappa shape index (κ3) is 4.64. The Morgan fingerprint density at radius 1 is 1.23 bits per heavy atom. The number of aryl methyl sites for hydroxylation is 1. The topological polar surface area (TPSA) is 98.0 Å². The summed E-state index contributed by atoms with van der Waals surface area (Å²) in [6, 6.07) is 13.8. The van der Waals surface area contributed by atoms with Crippen LogP contribution in [0.3, 0.4) is 0 Å². The van der Waals surface area contributed by atoms with Gasteiger partial charge in [-0.25, -0.2) is 0 Å². The Bertz CT molecular complexity index is 941. The van der Waals surface area contributed by atoms with Gasteiger partial charge in [0.1, 0.15) is 0 Å². The number of anilines is 1. The van der Waals surface area contributed by atoms with Crippen LogP contribution in [0.4, 0.5) is 10.8 Å². The van der Waals surface area contributed by atoms with Gasteiger partial charge in [0.25, 0.3) is 11.6 Å². The Morgan fingerprint density at radius 2 is 2.00 bits per heavy atom. The molecule has 0 unspecified atom stereocenters. The Morgan fingerprint density at radius 3 is 2.73 bits per heavy atom. The van der Waals surface area contributed by atoms with E-state index in [9.17, 15) is 14.9 Å². The summed E-state index contributed by atoms with van der Waals surface area (Å²) in [5.74, 6) is 0.299. The van der Waals surface area contributed by atoms with E-state index in [1.165, 1.54) is 58.5 Å². The average molecular weight is 386 g/mol. The van der Waals surface area contributed by atoms with Crippen molar-refractivity contribution in [1.82, 2.24) is 10.2 Å². The lowest BCUT2D eigenvalue weighted by Gasteiger charge is -2.01. The smallest absolute Gasteiger partial charge is 0.270 e. The molecular formula is C17H14N4O3S2. The first kappa shape index (κ1) is 18.0. The highest BCUT2D eigenvalue weighted by Gasteiger charge is 2.14. The van der Waals surface area contributed by atoms with Crippen molar-refractivity contribution >= 4 is 39.8 Å². The van der Waals surface area contributed by atoms with Gasteiger partial charge in [-0.05, 0) is 18.6 Å². The molecule has 0 saturated carbocycles. The van der Waals surface area contributed by atoms with E-state index in [0.29, 0.717) is 5.13 Å². The highest BCUT2D eigenvalue weighted by Crippen LogP contribution is 2.28. The molecule has 0 fully saturated rings. The van der Waals surface area contributed by atoms with E-state index in [4.69, 9.17) is 0 Å². The lowest BCUT2D eigenvalue weighted by Crippen LogP contribution is -2.11. The molecule has 3 aromatic rings. The van der Waals surface area contributed by atoms with Gasteiger partial charge in [0.05, 0.1) is 4.92 Å². The number of nitro groups is 1. The molecule has 0 radical (unpaired) electrons. The third-order valence-corrected chi connectivity index (χ3v) is 5.47. The number of nitrogens with one attached hydrogen (secondary N) is 1. The molecule has 0 bridgehead atoms. The van der Waals surface area contributed by atoms with Gasteiger partial charge < -0.3 is 0 Å². The maximum atomic E-state index is 12.2. The van der Waals surface area contributed by atoms with Gasteiger partial charge in [-0.1, -0.05) is 59.0 Å². The molecule has 1 amide bonds. The number of nitrogens with zero attached hydrogens (tertiary/aromatic N) is 3. The fourth-order valence-electron chi connectivity index (χ4n) is 2.08. The number of carbonyl (C=O) groups is 1. The summed E-state index contributed by atoms with van der Waals surface area (Å²) in [4.78, 5) is 22.5. The van der Waals surface area contributed by atoms with E-state index in [1.54, 1.807) is 0 Å². The summed E-state index contributed by atoms with van der Waals surface area (Å²) in [5, 5.41) is 21.8. The lowest BCUT2D eigenvalue weighted by molar-refractivity contribution is -0.384. The molecule has 1 heterocycles. The number of benzene rings is 2. The van der Waals surface area contributed by atoms with E-state index >= 15 is 0 Å². The average Bonchev–Trinajstić information content (AvgIpc) is 3.08. The Kier molecular flexibility index (Phi) is 5.59. The molecule has 1 aromatic heterocycles. The van der Waals surface area contributed by atoms with Crippen molar-refractivity contribution in [2.75, 3.05) is 5.32 Å². The molecule has 0 aliphatic heterocycles. The number of carbonyl (C=O) groups excluding carboxylic acids is 1. The summed E-state index contributed by atoms with van der Waals surface area (Å²) < 4.78 is 0.736. The normalized spacial score (nSPS) is 10.5. The van der Waals surface area contributed by atoms with Crippen LogP contribution in [0.5, 0.6) is 0 Å². The van der Waals surface area contributed by atoms with E-state index in [2.05, 4.69) is 39.8 Å². The lowest BCUT2D eigenvalue weighted by atomic mass is 10.2. The molecule has 0 atom stereocenters. The molecule has 0 aliphatic carbocycles. The number of nitro benzene ring substituents is 1. The Hall–Kier alpha value is -2.78. The second kappa shape index (κ2) is 8.07. The van der Waals surface area contributed by atoms with Gasteiger partial charge in [0.15, 0.2) is 4.34 Å². The maximum absolute atomic E-state index is 12.2. The second-order valence-electron chi connectivity index (χ2n) is 5.41. The summed E-state index contributed by atoms with van der Waals surface area (Å²) in [5.41, 5.74) is 2.45. The molecule has 3 rings (SSSR count). The van der Waals surface area contributed by atoms with Crippen LogP contribution >= 0.6 is 23.1 Å². The Balaban J connectivity index is 1.61. The van der Waals surface area contributed by atoms with Crippen LogP contribution in [-0.4, -0.2) is 21.0 Å². The summed E-state index contributed by atoms with van der Waals surface area (Å²) in [7, 11) is 0. The van der Waals surface area contributed by atoms with Gasteiger partial charge in [0.2, 0.25) is 5.13 Å². The van der Waals surface area contributed by atoms with Crippen molar-refractivity contribution < 1.29 is 9.72 Å². The van der Waals surface area contributed by atoms with Crippen LogP contribution in [0.2, 0.25) is 0 Å². The van der Waals surface area contributed by atoms with E-state index in [-0.39, 0.29) is 11.3 Å². The monoisotopic (exact) mass is 386 g/mol. The fourth-order valence-corrected chi connectivity index (χ4v) is 3.78. The molecule has 132 valence electrons. The molecule has 0 aliphatic rings. The first-order chi connectivity index (χ1) is 12.5. The van der Waals surface area contributed by atoms with E-state index in [1.807, 2.05) is 6.92 Å². The van der Waals surface area contributed by atoms with E-state index in [0.717, 1.165) is 10.1 Å². The van der Waals surface area contributed by atoms with E-state index < -0.39 is 10.8 Å². The van der Waals surface area contributed by atoms with Crippen molar-refractivity contribution in [3.63, 3.8) is 0 Å². The number of rotatable bonds is 6. The van der Waals surface area contributed by atoms with Gasteiger partial charge >= 0.3 is 0 Å². The molecule has 9 heteroatoms. The number of amides is 1. The van der Waals surface area contributed by atoms with Gasteiger partial charge in [-0.3, -0.25) is 20.2 Å². The first-order valence-corrected chi connectivity index (χ1v) is 9.39. The summed E-state index contributed by atoms with van der Waals surface area (Å²) in [6.07, 6.45) is 0. The number of thioether (sulfide) groups is 1. The minimum atomic E-state index is -0.540. The molecule has 0 spiro atoms. The second-order valence-corrected chi connectivity index (χ2v) is 7.61. The van der Waals surface area contributed by atoms with Gasteiger partial charge in [-0.2, -0.15) is 0 Å². The highest BCUT2D eigenvalue weighted by atomic mass is 32.2. The minimum Gasteiger partial charge on any atom is -0.296 e. The summed E-state index contributed by atoms with van der Waals surface area (Å²) >= 11 is 2.80. The van der Waals surface area contributed by atoms with Crippen LogP contribution < -0.4 is 5.32 Å². The fraction of sp³-hybridized carbons (Fsp3) is 0.118. The molecule has 0 saturated heterocycles. The largest absolute Gasteiger partial charge is 0.296 e. The van der Waals surface area contributed by atoms with Crippen LogP contribution in [0.25, 0.3) is 0 Å². The number of non-ortho nitro benzene ring substituents is 1. The van der Waals surface area contributed by atoms with Crippen LogP contribution in [-0.2, 0) is 5.75 Å².